The van der Waals surface area contributed by atoms with E-state index in [-0.39, 0.29) is 23.5 Å². The molecule has 0 saturated carbocycles. The topological polar surface area (TPSA) is 87.9 Å². The molecule has 1 fully saturated rings. The van der Waals surface area contributed by atoms with E-state index in [1.807, 2.05) is 25.1 Å². The molecule has 0 spiro atoms. The summed E-state index contributed by atoms with van der Waals surface area (Å²) in [7, 11) is 0. The van der Waals surface area contributed by atoms with Gasteiger partial charge in [0.2, 0.25) is 0 Å². The molecule has 1 aliphatic heterocycles. The Morgan fingerprint density at radius 2 is 1.94 bits per heavy atom. The summed E-state index contributed by atoms with van der Waals surface area (Å²) in [5.74, 6) is -0.872. The maximum atomic E-state index is 14.2. The molecule has 32 heavy (non-hydrogen) atoms. The van der Waals surface area contributed by atoms with Gasteiger partial charge in [0.15, 0.2) is 17.3 Å². The fourth-order valence-electron chi connectivity index (χ4n) is 3.74. The van der Waals surface area contributed by atoms with Crippen molar-refractivity contribution >= 4 is 12.0 Å². The quantitative estimate of drug-likeness (QED) is 0.654. The molecule has 0 radical (unpaired) electrons. The Hall–Kier alpha value is -3.72. The van der Waals surface area contributed by atoms with E-state index < -0.39 is 11.8 Å². The smallest absolute Gasteiger partial charge is 0.356 e. The summed E-state index contributed by atoms with van der Waals surface area (Å²) >= 11 is 0. The molecule has 166 valence electrons. The van der Waals surface area contributed by atoms with Crippen molar-refractivity contribution in [3.63, 3.8) is 0 Å². The molecule has 0 bridgehead atoms. The lowest BCUT2D eigenvalue weighted by molar-refractivity contribution is 0.0689. The van der Waals surface area contributed by atoms with Gasteiger partial charge in [-0.1, -0.05) is 24.3 Å². The van der Waals surface area contributed by atoms with Crippen LogP contribution in [0.4, 0.5) is 9.18 Å². The van der Waals surface area contributed by atoms with Gasteiger partial charge >= 0.3 is 12.0 Å². The monoisotopic (exact) mass is 438 g/mol. The third kappa shape index (κ3) is 4.78. The van der Waals surface area contributed by atoms with Gasteiger partial charge in [0.25, 0.3) is 0 Å². The van der Waals surface area contributed by atoms with Crippen molar-refractivity contribution in [2.45, 2.75) is 19.5 Å². The molecule has 2 aromatic carbocycles. The van der Waals surface area contributed by atoms with Crippen LogP contribution in [0.2, 0.25) is 0 Å². The number of aromatic nitrogens is 2. The number of carboxylic acids is 1. The number of carbonyl (C=O) groups is 2. The number of carboxylic acid groups (broad SMARTS) is 1. The van der Waals surface area contributed by atoms with E-state index in [0.717, 1.165) is 10.2 Å². The molecular formula is C23H23FN4O4. The highest BCUT2D eigenvalue weighted by Gasteiger charge is 2.29. The first-order valence-corrected chi connectivity index (χ1v) is 10.2. The fourth-order valence-corrected chi connectivity index (χ4v) is 3.74. The molecule has 8 nitrogen and oxygen atoms in total. The van der Waals surface area contributed by atoms with Gasteiger partial charge in [-0.2, -0.15) is 9.78 Å². The number of nitrogens with zero attached hydrogens (tertiary/aromatic N) is 4. The molecule has 1 aliphatic rings. The number of ether oxygens (including phenoxy) is 1. The Bertz CT molecular complexity index is 1120. The molecule has 1 aromatic heterocycles. The third-order valence-corrected chi connectivity index (χ3v) is 5.33. The lowest BCUT2D eigenvalue weighted by atomic mass is 10.1. The van der Waals surface area contributed by atoms with Crippen molar-refractivity contribution in [2.75, 3.05) is 19.6 Å². The zero-order chi connectivity index (χ0) is 22.7. The molecular weight excluding hydrogens is 415 g/mol. The van der Waals surface area contributed by atoms with Crippen LogP contribution in [0, 0.1) is 5.82 Å². The number of amides is 1. The number of rotatable bonds is 5. The Morgan fingerprint density at radius 3 is 2.62 bits per heavy atom. The number of hydrogen-bond donors (Lipinski definition) is 1. The number of benzene rings is 2. The minimum absolute atomic E-state index is 0.103. The SMILES string of the molecule is C[C@H]1CN(Cc2ccc(F)c(Oc3ccccc3)c2)CCN1C(=O)n1ccc(C(=O)O)n1. The van der Waals surface area contributed by atoms with Gasteiger partial charge in [-0.25, -0.2) is 14.0 Å². The largest absolute Gasteiger partial charge is 0.476 e. The van der Waals surface area contributed by atoms with E-state index in [9.17, 15) is 14.0 Å². The van der Waals surface area contributed by atoms with Gasteiger partial charge < -0.3 is 14.7 Å². The minimum atomic E-state index is -1.18. The summed E-state index contributed by atoms with van der Waals surface area (Å²) < 4.78 is 21.0. The van der Waals surface area contributed by atoms with Crippen molar-refractivity contribution in [3.05, 3.63) is 77.9 Å². The molecule has 9 heteroatoms. The Balaban J connectivity index is 1.39. The second kappa shape index (κ2) is 9.19. The fraction of sp³-hybridized carbons (Fsp3) is 0.261. The van der Waals surface area contributed by atoms with Crippen molar-refractivity contribution < 1.29 is 23.8 Å². The predicted octanol–water partition coefficient (Wildman–Crippen LogP) is 3.69. The van der Waals surface area contributed by atoms with Crippen LogP contribution in [0.5, 0.6) is 11.5 Å². The van der Waals surface area contributed by atoms with E-state index >= 15 is 0 Å². The van der Waals surface area contributed by atoms with Gasteiger partial charge in [-0.05, 0) is 42.8 Å². The van der Waals surface area contributed by atoms with Gasteiger partial charge in [0.05, 0.1) is 0 Å². The summed E-state index contributed by atoms with van der Waals surface area (Å²) in [5.41, 5.74) is 0.733. The van der Waals surface area contributed by atoms with Crippen LogP contribution in [0.25, 0.3) is 0 Å². The zero-order valence-corrected chi connectivity index (χ0v) is 17.5. The van der Waals surface area contributed by atoms with Gasteiger partial charge in [0, 0.05) is 38.4 Å². The van der Waals surface area contributed by atoms with E-state index in [4.69, 9.17) is 9.84 Å². The molecule has 1 N–H and O–H groups in total. The predicted molar refractivity (Wildman–Crippen MR) is 114 cm³/mol. The van der Waals surface area contributed by atoms with Crippen LogP contribution in [-0.4, -0.2) is 62.4 Å². The second-order valence-electron chi connectivity index (χ2n) is 7.69. The highest BCUT2D eigenvalue weighted by molar-refractivity contribution is 5.86. The van der Waals surface area contributed by atoms with Crippen LogP contribution in [-0.2, 0) is 6.54 Å². The number of piperazine rings is 1. The van der Waals surface area contributed by atoms with E-state index in [0.29, 0.717) is 31.9 Å². The average Bonchev–Trinajstić information content (AvgIpc) is 3.27. The molecule has 0 unspecified atom stereocenters. The lowest BCUT2D eigenvalue weighted by Crippen LogP contribution is -2.54. The standard InChI is InChI=1S/C23H23FN4O4/c1-16-14-26(11-12-27(16)23(31)28-10-9-20(25-28)22(29)30)15-17-7-8-19(24)21(13-17)32-18-5-3-2-4-6-18/h2-10,13,16H,11-12,14-15H2,1H3,(H,29,30)/t16-/m0/s1. The maximum Gasteiger partial charge on any atom is 0.356 e. The van der Waals surface area contributed by atoms with Crippen LogP contribution < -0.4 is 4.74 Å². The summed E-state index contributed by atoms with van der Waals surface area (Å²) in [6.45, 7) is 4.22. The van der Waals surface area contributed by atoms with E-state index in [2.05, 4.69) is 10.00 Å². The molecule has 3 aromatic rings. The zero-order valence-electron chi connectivity index (χ0n) is 17.5. The van der Waals surface area contributed by atoms with Crippen molar-refractivity contribution in [3.8, 4) is 11.5 Å². The van der Waals surface area contributed by atoms with Gasteiger partial charge in [0.1, 0.15) is 5.75 Å². The highest BCUT2D eigenvalue weighted by atomic mass is 19.1. The van der Waals surface area contributed by atoms with Crippen LogP contribution in [0.15, 0.2) is 60.8 Å². The first-order valence-electron chi connectivity index (χ1n) is 10.2. The average molecular weight is 438 g/mol. The van der Waals surface area contributed by atoms with Crippen LogP contribution in [0.3, 0.4) is 0 Å². The number of hydrogen-bond acceptors (Lipinski definition) is 5. The normalized spacial score (nSPS) is 16.7. The van der Waals surface area contributed by atoms with Crippen molar-refractivity contribution in [2.24, 2.45) is 0 Å². The first kappa shape index (κ1) is 21.5. The summed E-state index contributed by atoms with van der Waals surface area (Å²) in [5, 5.41) is 12.8. The number of carbonyl (C=O) groups excluding carboxylic acids is 1. The van der Waals surface area contributed by atoms with Gasteiger partial charge in [-0.15, -0.1) is 0 Å². The molecule has 1 saturated heterocycles. The molecule has 2 heterocycles. The van der Waals surface area contributed by atoms with E-state index in [1.54, 1.807) is 29.2 Å². The molecule has 1 atom stereocenters. The van der Waals surface area contributed by atoms with E-state index in [1.165, 1.54) is 18.3 Å². The van der Waals surface area contributed by atoms with Gasteiger partial charge in [-0.3, -0.25) is 4.90 Å². The molecule has 4 rings (SSSR count). The minimum Gasteiger partial charge on any atom is -0.476 e. The summed E-state index contributed by atoms with van der Waals surface area (Å²) in [4.78, 5) is 27.6. The summed E-state index contributed by atoms with van der Waals surface area (Å²) in [6, 6.07) is 14.7. The first-order chi connectivity index (χ1) is 15.4. The highest BCUT2D eigenvalue weighted by Crippen LogP contribution is 2.26. The maximum absolute atomic E-state index is 14.2. The Kier molecular flexibility index (Phi) is 6.18. The second-order valence-corrected chi connectivity index (χ2v) is 7.69. The number of halogens is 1. The number of para-hydroxylation sites is 1. The van der Waals surface area contributed by atoms with Crippen molar-refractivity contribution in [1.82, 2.24) is 19.6 Å². The molecule has 1 amide bonds. The van der Waals surface area contributed by atoms with Crippen LogP contribution >= 0.6 is 0 Å². The lowest BCUT2D eigenvalue weighted by Gasteiger charge is -2.39. The summed E-state index contributed by atoms with van der Waals surface area (Å²) in [6.07, 6.45) is 1.36. The Labute approximate surface area is 184 Å². The van der Waals surface area contributed by atoms with Crippen molar-refractivity contribution in [1.29, 1.82) is 0 Å². The third-order valence-electron chi connectivity index (χ3n) is 5.33. The Morgan fingerprint density at radius 1 is 1.16 bits per heavy atom. The number of aromatic carboxylic acids is 1. The van der Waals surface area contributed by atoms with Crippen LogP contribution in [0.1, 0.15) is 23.0 Å². The molecule has 0 aliphatic carbocycles.